The Bertz CT molecular complexity index is 953. The van der Waals surface area contributed by atoms with Crippen molar-refractivity contribution in [2.75, 3.05) is 6.54 Å². The Balaban J connectivity index is 1.90. The van der Waals surface area contributed by atoms with Crippen LogP contribution < -0.4 is 5.32 Å². The van der Waals surface area contributed by atoms with E-state index >= 15 is 0 Å². The summed E-state index contributed by atoms with van der Waals surface area (Å²) in [6.07, 6.45) is 1.75. The highest BCUT2D eigenvalue weighted by Crippen LogP contribution is 2.26. The van der Waals surface area contributed by atoms with Gasteiger partial charge in [0.05, 0.1) is 11.4 Å². The number of benzene rings is 1. The first-order chi connectivity index (χ1) is 12.9. The van der Waals surface area contributed by atoms with Crippen LogP contribution in [0.25, 0.3) is 5.13 Å². The van der Waals surface area contributed by atoms with Gasteiger partial charge in [0.25, 0.3) is 5.91 Å². The first-order valence-electron chi connectivity index (χ1n) is 9.27. The Labute approximate surface area is 164 Å². The number of nitrogens with zero attached hydrogens (tertiary/aromatic N) is 3. The van der Waals surface area contributed by atoms with Gasteiger partial charge in [-0.05, 0) is 39.7 Å². The number of hydrogen-bond acceptors (Lipinski definition) is 4. The van der Waals surface area contributed by atoms with Gasteiger partial charge in [-0.25, -0.2) is 9.67 Å². The van der Waals surface area contributed by atoms with Gasteiger partial charge in [0.2, 0.25) is 5.13 Å². The van der Waals surface area contributed by atoms with E-state index in [1.54, 1.807) is 0 Å². The van der Waals surface area contributed by atoms with Gasteiger partial charge in [-0.15, -0.1) is 0 Å². The summed E-state index contributed by atoms with van der Waals surface area (Å²) in [5.41, 5.74) is 6.55. The van der Waals surface area contributed by atoms with Crippen LogP contribution in [-0.2, 0) is 6.42 Å². The first kappa shape index (κ1) is 19.3. The third-order valence-corrected chi connectivity index (χ3v) is 5.78. The van der Waals surface area contributed by atoms with Gasteiger partial charge < -0.3 is 5.32 Å². The summed E-state index contributed by atoms with van der Waals surface area (Å²) in [5.74, 6) is -0.0560. The molecular weight excluding hydrogens is 356 g/mol. The second kappa shape index (κ2) is 8.05. The fourth-order valence-corrected chi connectivity index (χ4v) is 4.02. The van der Waals surface area contributed by atoms with E-state index in [2.05, 4.69) is 48.4 Å². The summed E-state index contributed by atoms with van der Waals surface area (Å²) in [6.45, 7) is 10.8. The van der Waals surface area contributed by atoms with E-state index in [9.17, 15) is 4.79 Å². The molecule has 0 bridgehead atoms. The summed E-state index contributed by atoms with van der Waals surface area (Å²) in [5, 5.41) is 8.37. The summed E-state index contributed by atoms with van der Waals surface area (Å²) in [7, 11) is 0. The van der Waals surface area contributed by atoms with Crippen LogP contribution in [0.2, 0.25) is 0 Å². The van der Waals surface area contributed by atoms with Crippen LogP contribution >= 0.6 is 11.3 Å². The van der Waals surface area contributed by atoms with Gasteiger partial charge in [-0.3, -0.25) is 4.79 Å². The van der Waals surface area contributed by atoms with Crippen molar-refractivity contribution in [3.8, 4) is 5.13 Å². The van der Waals surface area contributed by atoms with E-state index in [1.807, 2.05) is 25.5 Å². The van der Waals surface area contributed by atoms with E-state index < -0.39 is 0 Å². The zero-order chi connectivity index (χ0) is 19.6. The van der Waals surface area contributed by atoms with Gasteiger partial charge in [-0.2, -0.15) is 5.10 Å². The third kappa shape index (κ3) is 4.11. The van der Waals surface area contributed by atoms with E-state index in [1.165, 1.54) is 28.0 Å². The minimum Gasteiger partial charge on any atom is -0.351 e. The average Bonchev–Trinajstić information content (AvgIpc) is 3.16. The average molecular weight is 383 g/mol. The lowest BCUT2D eigenvalue weighted by Crippen LogP contribution is -2.23. The van der Waals surface area contributed by atoms with Gasteiger partial charge in [0.1, 0.15) is 4.88 Å². The molecule has 0 saturated carbocycles. The Morgan fingerprint density at radius 2 is 1.81 bits per heavy atom. The highest BCUT2D eigenvalue weighted by atomic mass is 32.1. The maximum absolute atomic E-state index is 12.3. The molecule has 0 radical (unpaired) electrons. The molecule has 0 fully saturated rings. The standard InChI is InChI=1S/C21H26N4OS/c1-6-11-22-20(26)19-15(4)23-21(27-19)25-16(5)18(14(3)24-25)12-17-9-7-13(2)8-10-17/h7-10H,6,11-12H2,1-5H3,(H,22,26). The molecule has 1 amide bonds. The van der Waals surface area contributed by atoms with Gasteiger partial charge in [-0.1, -0.05) is 48.1 Å². The lowest BCUT2D eigenvalue weighted by atomic mass is 10.0. The van der Waals surface area contributed by atoms with Gasteiger partial charge in [0, 0.05) is 24.2 Å². The lowest BCUT2D eigenvalue weighted by Gasteiger charge is -2.04. The highest BCUT2D eigenvalue weighted by Gasteiger charge is 2.20. The van der Waals surface area contributed by atoms with Crippen LogP contribution in [0.1, 0.15) is 56.8 Å². The molecule has 5 nitrogen and oxygen atoms in total. The zero-order valence-electron chi connectivity index (χ0n) is 16.6. The number of thiazole rings is 1. The van der Waals surface area contributed by atoms with Crippen LogP contribution in [-0.4, -0.2) is 27.2 Å². The predicted molar refractivity (Wildman–Crippen MR) is 110 cm³/mol. The quantitative estimate of drug-likeness (QED) is 0.692. The molecule has 0 saturated heterocycles. The largest absolute Gasteiger partial charge is 0.351 e. The molecule has 3 rings (SSSR count). The van der Waals surface area contributed by atoms with Crippen LogP contribution in [0.3, 0.4) is 0 Å². The molecule has 142 valence electrons. The number of nitrogens with one attached hydrogen (secondary N) is 1. The number of carbonyl (C=O) groups is 1. The molecule has 27 heavy (non-hydrogen) atoms. The van der Waals surface area contributed by atoms with E-state index in [4.69, 9.17) is 5.10 Å². The zero-order valence-corrected chi connectivity index (χ0v) is 17.4. The summed E-state index contributed by atoms with van der Waals surface area (Å²) < 4.78 is 1.87. The minimum atomic E-state index is -0.0560. The smallest absolute Gasteiger partial charge is 0.263 e. The number of carbonyl (C=O) groups excluding carboxylic acids is 1. The number of hydrogen-bond donors (Lipinski definition) is 1. The van der Waals surface area contributed by atoms with Crippen molar-refractivity contribution in [2.24, 2.45) is 0 Å². The molecule has 0 aliphatic carbocycles. The summed E-state index contributed by atoms with van der Waals surface area (Å²) in [4.78, 5) is 17.6. The normalized spacial score (nSPS) is 11.0. The van der Waals surface area contributed by atoms with Crippen LogP contribution in [0.5, 0.6) is 0 Å². The van der Waals surface area contributed by atoms with Crippen molar-refractivity contribution >= 4 is 17.2 Å². The second-order valence-corrected chi connectivity index (χ2v) is 7.87. The Hall–Kier alpha value is -2.47. The monoisotopic (exact) mass is 382 g/mol. The minimum absolute atomic E-state index is 0.0560. The molecule has 1 N–H and O–H groups in total. The number of rotatable bonds is 6. The van der Waals surface area contributed by atoms with Crippen molar-refractivity contribution < 1.29 is 4.79 Å². The molecule has 1 aromatic carbocycles. The molecule has 2 heterocycles. The van der Waals surface area contributed by atoms with Crippen molar-refractivity contribution in [1.29, 1.82) is 0 Å². The molecule has 0 spiro atoms. The fraction of sp³-hybridized carbons (Fsp3) is 0.381. The topological polar surface area (TPSA) is 59.8 Å². The van der Waals surface area contributed by atoms with E-state index in [0.29, 0.717) is 11.4 Å². The maximum atomic E-state index is 12.3. The van der Waals surface area contributed by atoms with Crippen molar-refractivity contribution in [3.63, 3.8) is 0 Å². The Morgan fingerprint density at radius 1 is 1.11 bits per heavy atom. The molecule has 2 aromatic heterocycles. The van der Waals surface area contributed by atoms with Gasteiger partial charge >= 0.3 is 0 Å². The molecule has 0 aliphatic heterocycles. The van der Waals surface area contributed by atoms with Crippen LogP contribution in [0, 0.1) is 27.7 Å². The number of amides is 1. The summed E-state index contributed by atoms with van der Waals surface area (Å²) >= 11 is 1.39. The molecule has 6 heteroatoms. The lowest BCUT2D eigenvalue weighted by molar-refractivity contribution is 0.0957. The summed E-state index contributed by atoms with van der Waals surface area (Å²) in [6, 6.07) is 8.59. The van der Waals surface area contributed by atoms with Crippen LogP contribution in [0.4, 0.5) is 0 Å². The Kier molecular flexibility index (Phi) is 5.75. The van der Waals surface area contributed by atoms with Crippen molar-refractivity contribution in [3.05, 3.63) is 62.9 Å². The highest BCUT2D eigenvalue weighted by molar-refractivity contribution is 7.16. The maximum Gasteiger partial charge on any atom is 0.263 e. The van der Waals surface area contributed by atoms with Gasteiger partial charge in [0.15, 0.2) is 0 Å². The van der Waals surface area contributed by atoms with E-state index in [0.717, 1.165) is 35.1 Å². The number of aromatic nitrogens is 3. The fourth-order valence-electron chi connectivity index (χ4n) is 3.03. The molecule has 0 unspecified atom stereocenters. The second-order valence-electron chi connectivity index (χ2n) is 6.89. The van der Waals surface area contributed by atoms with E-state index in [-0.39, 0.29) is 5.91 Å². The van der Waals surface area contributed by atoms with Crippen molar-refractivity contribution in [1.82, 2.24) is 20.1 Å². The predicted octanol–water partition coefficient (Wildman–Crippen LogP) is 4.29. The first-order valence-corrected chi connectivity index (χ1v) is 10.1. The molecular formula is C21H26N4OS. The Morgan fingerprint density at radius 3 is 2.48 bits per heavy atom. The number of aryl methyl sites for hydroxylation is 3. The van der Waals surface area contributed by atoms with Crippen LogP contribution in [0.15, 0.2) is 24.3 Å². The SMILES string of the molecule is CCCNC(=O)c1sc(-n2nc(C)c(Cc3ccc(C)cc3)c2C)nc1C. The van der Waals surface area contributed by atoms with Crippen molar-refractivity contribution in [2.45, 2.75) is 47.5 Å². The molecule has 3 aromatic rings. The third-order valence-electron chi connectivity index (χ3n) is 4.65. The molecule has 0 aliphatic rings. The molecule has 0 atom stereocenters.